The Labute approximate surface area is 93.4 Å². The van der Waals surface area contributed by atoms with Crippen molar-refractivity contribution in [3.63, 3.8) is 0 Å². The highest BCUT2D eigenvalue weighted by atomic mass is 16.4. The number of carboxylic acid groups (broad SMARTS) is 1. The van der Waals surface area contributed by atoms with Gasteiger partial charge in [-0.1, -0.05) is 24.3 Å². The highest BCUT2D eigenvalue weighted by Crippen LogP contribution is 2.32. The van der Waals surface area contributed by atoms with Gasteiger partial charge in [0.05, 0.1) is 0 Å². The van der Waals surface area contributed by atoms with Gasteiger partial charge in [-0.25, -0.2) is 4.79 Å². The molecule has 1 aliphatic carbocycles. The van der Waals surface area contributed by atoms with Crippen LogP contribution in [0.15, 0.2) is 30.3 Å². The summed E-state index contributed by atoms with van der Waals surface area (Å²) >= 11 is 0. The van der Waals surface area contributed by atoms with Crippen LogP contribution < -0.4 is 0 Å². The minimum atomic E-state index is -0.974. The summed E-state index contributed by atoms with van der Waals surface area (Å²) in [5.74, 6) is -0.549. The Morgan fingerprint density at radius 2 is 1.81 bits per heavy atom. The van der Waals surface area contributed by atoms with Gasteiger partial charge < -0.3 is 5.11 Å². The summed E-state index contributed by atoms with van der Waals surface area (Å²) in [6.45, 7) is 0. The van der Waals surface area contributed by atoms with Gasteiger partial charge in [0.15, 0.2) is 5.78 Å². The molecule has 3 heteroatoms. The second-order valence-electron chi connectivity index (χ2n) is 3.93. The van der Waals surface area contributed by atoms with Crippen LogP contribution in [0.4, 0.5) is 0 Å². The third-order valence-corrected chi connectivity index (χ3v) is 2.56. The molecule has 0 atom stereocenters. The fraction of sp³-hybridized carbons (Fsp3) is 0.231. The van der Waals surface area contributed by atoms with Crippen LogP contribution in [0, 0.1) is 5.92 Å². The van der Waals surface area contributed by atoms with E-state index in [1.807, 2.05) is 0 Å². The summed E-state index contributed by atoms with van der Waals surface area (Å²) < 4.78 is 0. The Bertz CT molecular complexity index is 439. The van der Waals surface area contributed by atoms with Crippen molar-refractivity contribution >= 4 is 17.8 Å². The summed E-state index contributed by atoms with van der Waals surface area (Å²) in [6.07, 6.45) is 4.59. The van der Waals surface area contributed by atoms with Crippen molar-refractivity contribution < 1.29 is 14.7 Å². The molecule has 0 heterocycles. The average Bonchev–Trinajstić information content (AvgIpc) is 3.10. The van der Waals surface area contributed by atoms with Crippen molar-refractivity contribution in [3.8, 4) is 0 Å². The lowest BCUT2D eigenvalue weighted by Gasteiger charge is -1.99. The molecule has 0 spiro atoms. The molecular formula is C13H12O3. The number of aliphatic carboxylic acids is 1. The molecule has 1 aromatic rings. The molecular weight excluding hydrogens is 204 g/mol. The van der Waals surface area contributed by atoms with E-state index in [0.717, 1.165) is 30.0 Å². The average molecular weight is 216 g/mol. The number of hydrogen-bond acceptors (Lipinski definition) is 2. The normalized spacial score (nSPS) is 15.2. The lowest BCUT2D eigenvalue weighted by atomic mass is 10.1. The van der Waals surface area contributed by atoms with Crippen molar-refractivity contribution in [3.05, 3.63) is 41.5 Å². The second-order valence-corrected chi connectivity index (χ2v) is 3.93. The number of benzene rings is 1. The largest absolute Gasteiger partial charge is 0.478 e. The van der Waals surface area contributed by atoms with E-state index in [4.69, 9.17) is 5.11 Å². The van der Waals surface area contributed by atoms with Gasteiger partial charge in [0, 0.05) is 17.6 Å². The van der Waals surface area contributed by atoms with Crippen LogP contribution in [0.2, 0.25) is 0 Å². The fourth-order valence-electron chi connectivity index (χ4n) is 1.51. The fourth-order valence-corrected chi connectivity index (χ4v) is 1.51. The van der Waals surface area contributed by atoms with Gasteiger partial charge in [0.1, 0.15) is 0 Å². The molecule has 3 nitrogen and oxygen atoms in total. The van der Waals surface area contributed by atoms with Crippen LogP contribution >= 0.6 is 0 Å². The third-order valence-electron chi connectivity index (χ3n) is 2.56. The molecule has 0 unspecified atom stereocenters. The van der Waals surface area contributed by atoms with E-state index in [9.17, 15) is 9.59 Å². The van der Waals surface area contributed by atoms with Gasteiger partial charge in [-0.3, -0.25) is 4.79 Å². The maximum Gasteiger partial charge on any atom is 0.328 e. The minimum absolute atomic E-state index is 0.203. The van der Waals surface area contributed by atoms with Crippen molar-refractivity contribution in [1.82, 2.24) is 0 Å². The number of hydrogen-bond donors (Lipinski definition) is 1. The Hall–Kier alpha value is -1.90. The molecule has 1 fully saturated rings. The lowest BCUT2D eigenvalue weighted by molar-refractivity contribution is -0.131. The topological polar surface area (TPSA) is 54.4 Å². The van der Waals surface area contributed by atoms with Gasteiger partial charge in [0.25, 0.3) is 0 Å². The van der Waals surface area contributed by atoms with Crippen molar-refractivity contribution in [2.75, 3.05) is 0 Å². The van der Waals surface area contributed by atoms with E-state index in [-0.39, 0.29) is 11.7 Å². The first-order valence-electron chi connectivity index (χ1n) is 5.22. The molecule has 0 aliphatic heterocycles. The molecule has 0 radical (unpaired) electrons. The van der Waals surface area contributed by atoms with Crippen LogP contribution in [0.3, 0.4) is 0 Å². The summed E-state index contributed by atoms with van der Waals surface area (Å²) in [7, 11) is 0. The Morgan fingerprint density at radius 3 is 2.31 bits per heavy atom. The lowest BCUT2D eigenvalue weighted by Crippen LogP contribution is -2.00. The smallest absolute Gasteiger partial charge is 0.328 e. The highest BCUT2D eigenvalue weighted by Gasteiger charge is 2.30. The van der Waals surface area contributed by atoms with Gasteiger partial charge in [-0.15, -0.1) is 0 Å². The molecule has 0 bridgehead atoms. The predicted octanol–water partition coefficient (Wildman–Crippen LogP) is 2.38. The molecule has 0 amide bonds. The standard InChI is InChI=1S/C13H12O3/c14-12(15)8-3-9-1-4-10(5-2-9)13(16)11-6-7-11/h1-5,8,11H,6-7H2,(H,14,15). The zero-order valence-corrected chi connectivity index (χ0v) is 8.72. The van der Waals surface area contributed by atoms with E-state index < -0.39 is 5.97 Å². The van der Waals surface area contributed by atoms with Crippen LogP contribution in [0.25, 0.3) is 6.08 Å². The first-order chi connectivity index (χ1) is 7.66. The van der Waals surface area contributed by atoms with Crippen LogP contribution in [-0.2, 0) is 4.79 Å². The quantitative estimate of drug-likeness (QED) is 0.621. The molecule has 0 aromatic heterocycles. The molecule has 0 saturated heterocycles. The van der Waals surface area contributed by atoms with Crippen LogP contribution in [-0.4, -0.2) is 16.9 Å². The van der Waals surface area contributed by atoms with Gasteiger partial charge in [-0.2, -0.15) is 0 Å². The van der Waals surface area contributed by atoms with E-state index in [2.05, 4.69) is 0 Å². The Balaban J connectivity index is 2.09. The summed E-state index contributed by atoms with van der Waals surface area (Å²) in [5.41, 5.74) is 1.50. The number of Topliss-reactive ketones (excluding diaryl/α,β-unsaturated/α-hetero) is 1. The Morgan fingerprint density at radius 1 is 1.19 bits per heavy atom. The van der Waals surface area contributed by atoms with Gasteiger partial charge >= 0.3 is 5.97 Å². The number of carbonyl (C=O) groups is 2. The highest BCUT2D eigenvalue weighted by molar-refractivity contribution is 5.99. The second kappa shape index (κ2) is 4.31. The number of rotatable bonds is 4. The maximum absolute atomic E-state index is 11.7. The molecule has 82 valence electrons. The number of ketones is 1. The molecule has 2 rings (SSSR count). The molecule has 1 aliphatic rings. The first-order valence-corrected chi connectivity index (χ1v) is 5.22. The molecule has 16 heavy (non-hydrogen) atoms. The SMILES string of the molecule is O=C(O)C=Cc1ccc(C(=O)C2CC2)cc1. The minimum Gasteiger partial charge on any atom is -0.478 e. The molecule has 1 saturated carbocycles. The number of carbonyl (C=O) groups excluding carboxylic acids is 1. The van der Waals surface area contributed by atoms with Crippen molar-refractivity contribution in [2.24, 2.45) is 5.92 Å². The molecule has 1 N–H and O–H groups in total. The monoisotopic (exact) mass is 216 g/mol. The third kappa shape index (κ3) is 2.57. The summed E-state index contributed by atoms with van der Waals surface area (Å²) in [4.78, 5) is 22.0. The van der Waals surface area contributed by atoms with Gasteiger partial charge in [-0.05, 0) is 24.5 Å². The first kappa shape index (κ1) is 10.6. The summed E-state index contributed by atoms with van der Waals surface area (Å²) in [5, 5.41) is 8.46. The van der Waals surface area contributed by atoms with Crippen LogP contribution in [0.5, 0.6) is 0 Å². The molecule has 1 aromatic carbocycles. The van der Waals surface area contributed by atoms with E-state index in [0.29, 0.717) is 0 Å². The van der Waals surface area contributed by atoms with Crippen molar-refractivity contribution in [1.29, 1.82) is 0 Å². The van der Waals surface area contributed by atoms with E-state index in [1.165, 1.54) is 6.08 Å². The summed E-state index contributed by atoms with van der Waals surface area (Å²) in [6, 6.07) is 7.02. The zero-order chi connectivity index (χ0) is 11.5. The zero-order valence-electron chi connectivity index (χ0n) is 8.72. The van der Waals surface area contributed by atoms with Crippen LogP contribution in [0.1, 0.15) is 28.8 Å². The maximum atomic E-state index is 11.7. The van der Waals surface area contributed by atoms with Gasteiger partial charge in [0.2, 0.25) is 0 Å². The van der Waals surface area contributed by atoms with E-state index in [1.54, 1.807) is 24.3 Å². The predicted molar refractivity (Wildman–Crippen MR) is 60.2 cm³/mol. The Kier molecular flexibility index (Phi) is 2.86. The van der Waals surface area contributed by atoms with E-state index >= 15 is 0 Å². The number of carboxylic acids is 1. The van der Waals surface area contributed by atoms with Crippen molar-refractivity contribution in [2.45, 2.75) is 12.8 Å².